The third kappa shape index (κ3) is 7.69. The first-order valence-corrected chi connectivity index (χ1v) is 20.1. The van der Waals surface area contributed by atoms with Gasteiger partial charge in [0, 0.05) is 57.3 Å². The van der Waals surface area contributed by atoms with Gasteiger partial charge in [-0.2, -0.15) is 15.3 Å². The molecule has 1 unspecified atom stereocenters. The van der Waals surface area contributed by atoms with E-state index in [9.17, 15) is 4.79 Å². The smallest absolute Gasteiger partial charge is 0.400 e. The number of likely N-dealkylation sites (N-methyl/N-ethyl adjacent to an activating group) is 2. The maximum Gasteiger partial charge on any atom is 0.487 e. The molecular weight excluding hydrogens is 725 g/mol. The highest BCUT2D eigenvalue weighted by Crippen LogP contribution is 2.38. The van der Waals surface area contributed by atoms with Crippen molar-refractivity contribution >= 4 is 58.4 Å². The van der Waals surface area contributed by atoms with Crippen molar-refractivity contribution in [2.75, 3.05) is 27.2 Å². The van der Waals surface area contributed by atoms with Gasteiger partial charge in [0.1, 0.15) is 5.69 Å². The van der Waals surface area contributed by atoms with Crippen LogP contribution in [0.15, 0.2) is 30.4 Å². The van der Waals surface area contributed by atoms with Crippen LogP contribution in [-0.4, -0.2) is 90.3 Å². The third-order valence-corrected chi connectivity index (χ3v) is 11.0. The van der Waals surface area contributed by atoms with E-state index in [0.29, 0.717) is 31.7 Å². The van der Waals surface area contributed by atoms with Crippen LogP contribution in [0, 0.1) is 13.8 Å². The quantitative estimate of drug-likeness (QED) is 0.104. The van der Waals surface area contributed by atoms with Gasteiger partial charge in [-0.15, -0.1) is 0 Å². The van der Waals surface area contributed by atoms with Gasteiger partial charge in [-0.1, -0.05) is 25.9 Å². The van der Waals surface area contributed by atoms with E-state index < -0.39 is 18.3 Å². The Labute approximate surface area is 294 Å². The fourth-order valence-electron chi connectivity index (χ4n) is 5.53. The Balaban J connectivity index is 0.00000245. The molecule has 11 nitrogen and oxygen atoms in total. The molecule has 47 heavy (non-hydrogen) atoms. The summed E-state index contributed by atoms with van der Waals surface area (Å²) >= 11 is 2.36. The van der Waals surface area contributed by atoms with Gasteiger partial charge in [-0.25, -0.2) is 4.45 Å². The molecule has 1 fully saturated rings. The van der Waals surface area contributed by atoms with E-state index in [1.807, 2.05) is 76.2 Å². The number of fused-ring (bicyclic) bond motifs is 1. The molecule has 1 aliphatic rings. The van der Waals surface area contributed by atoms with Crippen LogP contribution >= 0.6 is 28.4 Å². The lowest BCUT2D eigenvalue weighted by Gasteiger charge is -2.32. The molecule has 0 spiro atoms. The summed E-state index contributed by atoms with van der Waals surface area (Å²) in [6.07, 6.45) is 4.40. The highest BCUT2D eigenvalue weighted by molar-refractivity contribution is 14.2. The Bertz CT molecular complexity index is 1750. The summed E-state index contributed by atoms with van der Waals surface area (Å²) in [6, 6.07) is 6.48. The van der Waals surface area contributed by atoms with Crippen molar-refractivity contribution < 1.29 is 14.1 Å². The minimum absolute atomic E-state index is 0.0190. The zero-order chi connectivity index (χ0) is 34.8. The molecule has 1 aromatic carbocycles. The van der Waals surface area contributed by atoms with Crippen LogP contribution in [0.5, 0.6) is 0 Å². The van der Waals surface area contributed by atoms with E-state index in [2.05, 4.69) is 90.1 Å². The van der Waals surface area contributed by atoms with Gasteiger partial charge in [0.15, 0.2) is 0 Å². The summed E-state index contributed by atoms with van der Waals surface area (Å²) in [5.41, 5.74) is 6.85. The number of hydrogen-bond donors (Lipinski definition) is 0. The molecule has 4 aromatic rings. The van der Waals surface area contributed by atoms with E-state index in [1.165, 1.54) is 0 Å². The van der Waals surface area contributed by atoms with Crippen molar-refractivity contribution in [1.82, 2.24) is 38.9 Å². The van der Waals surface area contributed by atoms with Crippen LogP contribution < -0.4 is 0 Å². The lowest BCUT2D eigenvalue weighted by atomic mass is 9.89. The topological polar surface area (TPSA) is 95.5 Å². The number of carbonyl (C=O) groups is 1. The van der Waals surface area contributed by atoms with Gasteiger partial charge in [-0.05, 0) is 94.4 Å². The van der Waals surface area contributed by atoms with Gasteiger partial charge in [-0.3, -0.25) is 19.1 Å². The van der Waals surface area contributed by atoms with E-state index in [1.54, 1.807) is 9.58 Å². The summed E-state index contributed by atoms with van der Waals surface area (Å²) in [4.78, 5) is 17.2. The van der Waals surface area contributed by atoms with Gasteiger partial charge < -0.3 is 14.2 Å². The highest BCUT2D eigenvalue weighted by atomic mass is 127. The minimum Gasteiger partial charge on any atom is -0.400 e. The molecule has 1 atom stereocenters. The Kier molecular flexibility index (Phi) is 11.8. The Hall–Kier alpha value is -2.58. The van der Waals surface area contributed by atoms with Crippen LogP contribution in [-0.2, 0) is 29.9 Å². The number of amides is 1. The first-order chi connectivity index (χ1) is 22.1. The SMILES string of the molecule is CC.Cc1nn(C)c(C(=O)N(C)CCN(C)Cc2c(-c3ccc4c(c3)c(/C=C/B3OC(C)(C)C(C)(C)O3)nn4PI)cnn2C)c1C. The average molecular weight is 774 g/mol. The van der Waals surface area contributed by atoms with Crippen molar-refractivity contribution in [1.29, 1.82) is 0 Å². The first-order valence-electron chi connectivity index (χ1n) is 16.0. The maximum atomic E-state index is 13.2. The molecular formula is C33H49BIN8O3P. The molecule has 0 bridgehead atoms. The Morgan fingerprint density at radius 1 is 1.04 bits per heavy atom. The van der Waals surface area contributed by atoms with E-state index in [0.717, 1.165) is 44.7 Å². The number of hydrogen-bond acceptors (Lipinski definition) is 7. The predicted octanol–water partition coefficient (Wildman–Crippen LogP) is 6.45. The number of aromatic nitrogens is 6. The van der Waals surface area contributed by atoms with Crippen molar-refractivity contribution in [3.63, 3.8) is 0 Å². The lowest BCUT2D eigenvalue weighted by Crippen LogP contribution is -2.41. The standard InChI is InChI=1S/C31H43BIN8O3P.C2H6/c1-20-21(2)35-40(10)28(20)29(42)38(8)16-15-37(7)19-27-24(18-34-39(27)9)22-11-12-26-23(17-22)25(36-41(26)45-33)13-14-32-43-30(3,4)31(5,6)44-32;1-2/h11-14,17-18,45H,15-16,19H2,1-10H3;1-2H3/b14-13+;. The minimum atomic E-state index is -0.437. The van der Waals surface area contributed by atoms with Crippen LogP contribution in [0.3, 0.4) is 0 Å². The van der Waals surface area contributed by atoms with Crippen molar-refractivity contribution in [2.45, 2.75) is 73.1 Å². The van der Waals surface area contributed by atoms with E-state index >= 15 is 0 Å². The first kappa shape index (κ1) is 37.2. The molecule has 5 rings (SSSR count). The lowest BCUT2D eigenvalue weighted by molar-refractivity contribution is 0.00578. The molecule has 1 amide bonds. The van der Waals surface area contributed by atoms with Crippen LogP contribution in [0.2, 0.25) is 0 Å². The normalized spacial score (nSPS) is 15.8. The monoisotopic (exact) mass is 774 g/mol. The average Bonchev–Trinajstić information content (AvgIpc) is 3.70. The summed E-state index contributed by atoms with van der Waals surface area (Å²) in [5.74, 6) is 1.93. The third-order valence-electron chi connectivity index (χ3n) is 9.15. The fraction of sp³-hybridized carbons (Fsp3) is 0.515. The molecule has 4 heterocycles. The van der Waals surface area contributed by atoms with Crippen LogP contribution in [0.1, 0.15) is 74.7 Å². The Morgan fingerprint density at radius 3 is 2.30 bits per heavy atom. The van der Waals surface area contributed by atoms with Gasteiger partial charge in [0.25, 0.3) is 5.91 Å². The highest BCUT2D eigenvalue weighted by Gasteiger charge is 2.50. The summed E-state index contributed by atoms with van der Waals surface area (Å²) in [6.45, 7) is 18.1. The number of benzene rings is 1. The van der Waals surface area contributed by atoms with Crippen LogP contribution in [0.4, 0.5) is 0 Å². The molecule has 0 aliphatic carbocycles. The maximum absolute atomic E-state index is 13.2. The van der Waals surface area contributed by atoms with E-state index in [4.69, 9.17) is 14.4 Å². The number of rotatable bonds is 10. The molecule has 0 saturated carbocycles. The van der Waals surface area contributed by atoms with Gasteiger partial charge in [0.2, 0.25) is 0 Å². The zero-order valence-electron chi connectivity index (χ0n) is 29.8. The van der Waals surface area contributed by atoms with Crippen molar-refractivity contribution in [3.05, 3.63) is 58.7 Å². The van der Waals surface area contributed by atoms with E-state index in [-0.39, 0.29) is 5.91 Å². The van der Waals surface area contributed by atoms with Gasteiger partial charge >= 0.3 is 7.12 Å². The molecule has 1 aliphatic heterocycles. The summed E-state index contributed by atoms with van der Waals surface area (Å²) in [7, 11) is 7.27. The van der Waals surface area contributed by atoms with Crippen molar-refractivity contribution in [3.8, 4) is 11.1 Å². The molecule has 0 N–H and O–H groups in total. The van der Waals surface area contributed by atoms with Gasteiger partial charge in [0.05, 0.1) is 46.4 Å². The number of nitrogens with zero attached hydrogens (tertiary/aromatic N) is 8. The number of halogens is 1. The Morgan fingerprint density at radius 2 is 1.70 bits per heavy atom. The second-order valence-electron chi connectivity index (χ2n) is 12.9. The molecule has 254 valence electrons. The molecule has 3 aromatic heterocycles. The fourth-order valence-corrected chi connectivity index (χ4v) is 7.06. The molecule has 14 heteroatoms. The van der Waals surface area contributed by atoms with Crippen LogP contribution in [0.25, 0.3) is 28.1 Å². The number of carbonyl (C=O) groups excluding carboxylic acids is 1. The molecule has 1 saturated heterocycles. The second-order valence-corrected chi connectivity index (χ2v) is 14.9. The molecule has 0 radical (unpaired) electrons. The van der Waals surface area contributed by atoms with Crippen molar-refractivity contribution in [2.24, 2.45) is 14.1 Å². The predicted molar refractivity (Wildman–Crippen MR) is 202 cm³/mol. The second kappa shape index (κ2) is 14.9. The largest absolute Gasteiger partial charge is 0.487 e. The summed E-state index contributed by atoms with van der Waals surface area (Å²) < 4.78 is 18.0. The number of aryl methyl sites for hydroxylation is 3. The zero-order valence-corrected chi connectivity index (χ0v) is 33.0. The summed E-state index contributed by atoms with van der Waals surface area (Å²) in [5, 5.41) is 15.0.